The average Bonchev–Trinajstić information content (AvgIpc) is 2.88. The number of hydrogen-bond donors (Lipinski definition) is 6. The van der Waals surface area contributed by atoms with Crippen LogP contribution in [0.1, 0.15) is 26.7 Å². The molecule has 0 rings (SSSR count). The number of aliphatic hydroxyl groups is 1. The monoisotopic (exact) mass is 595 g/mol. The van der Waals surface area contributed by atoms with Crippen molar-refractivity contribution in [2.75, 3.05) is 64.2 Å². The van der Waals surface area contributed by atoms with Gasteiger partial charge in [0, 0.05) is 44.7 Å². The highest BCUT2D eigenvalue weighted by atomic mass is 32.2. The van der Waals surface area contributed by atoms with Gasteiger partial charge in [-0.1, -0.05) is 0 Å². The van der Waals surface area contributed by atoms with Gasteiger partial charge in [-0.15, -0.1) is 0 Å². The van der Waals surface area contributed by atoms with Crippen LogP contribution in [-0.4, -0.2) is 123 Å². The minimum atomic E-state index is -1.22. The van der Waals surface area contributed by atoms with Crippen molar-refractivity contribution in [2.24, 2.45) is 11.5 Å². The molecule has 0 aromatic rings. The van der Waals surface area contributed by atoms with Gasteiger partial charge in [-0.3, -0.25) is 28.8 Å². The third kappa shape index (κ3) is 20.9. The summed E-state index contributed by atoms with van der Waals surface area (Å²) in [7, 11) is 0. The lowest BCUT2D eigenvalue weighted by Gasteiger charge is -2.20. The van der Waals surface area contributed by atoms with E-state index in [4.69, 9.17) is 30.4 Å². The third-order valence-corrected chi connectivity index (χ3v) is 5.88. The zero-order valence-corrected chi connectivity index (χ0v) is 23.6. The highest BCUT2D eigenvalue weighted by Crippen LogP contribution is 2.11. The van der Waals surface area contributed by atoms with Crippen LogP contribution in [0.2, 0.25) is 0 Å². The maximum atomic E-state index is 12.4. The van der Waals surface area contributed by atoms with E-state index in [0.717, 1.165) is 0 Å². The summed E-state index contributed by atoms with van der Waals surface area (Å²) in [6, 6.07) is -2.22. The second-order valence-electron chi connectivity index (χ2n) is 8.26. The van der Waals surface area contributed by atoms with Crippen molar-refractivity contribution in [1.29, 1.82) is 0 Å². The molecule has 0 fully saturated rings. The number of esters is 2. The summed E-state index contributed by atoms with van der Waals surface area (Å²) >= 11 is 1.24. The van der Waals surface area contributed by atoms with Gasteiger partial charge in [0.25, 0.3) is 0 Å². The molecule has 0 bridgehead atoms. The van der Waals surface area contributed by atoms with Crippen molar-refractivity contribution in [3.8, 4) is 0 Å². The lowest BCUT2D eigenvalue weighted by atomic mass is 10.2. The van der Waals surface area contributed by atoms with Crippen LogP contribution in [0.25, 0.3) is 0 Å². The Hall–Kier alpha value is -2.99. The number of ether oxygens (including phenoxy) is 4. The Bertz CT molecular complexity index is 818. The predicted molar refractivity (Wildman–Crippen MR) is 143 cm³/mol. The fourth-order valence-corrected chi connectivity index (χ4v) is 3.79. The van der Waals surface area contributed by atoms with Crippen LogP contribution >= 0.6 is 11.8 Å². The molecule has 230 valence electrons. The Morgan fingerprint density at radius 1 is 0.875 bits per heavy atom. The molecule has 0 aromatic heterocycles. The molecule has 0 saturated heterocycles. The van der Waals surface area contributed by atoms with E-state index in [1.54, 1.807) is 0 Å². The van der Waals surface area contributed by atoms with E-state index >= 15 is 0 Å². The molecule has 0 aliphatic heterocycles. The van der Waals surface area contributed by atoms with Crippen molar-refractivity contribution in [2.45, 2.75) is 44.9 Å². The highest BCUT2D eigenvalue weighted by Gasteiger charge is 2.23. The molecule has 17 heteroatoms. The molecular weight excluding hydrogens is 554 g/mol. The number of hydrogen-bond acceptors (Lipinski definition) is 13. The van der Waals surface area contributed by atoms with E-state index in [-0.39, 0.29) is 70.6 Å². The Balaban J connectivity index is 4.14. The van der Waals surface area contributed by atoms with Crippen LogP contribution in [0.5, 0.6) is 0 Å². The Kier molecular flexibility index (Phi) is 21.1. The van der Waals surface area contributed by atoms with Crippen LogP contribution in [0.4, 0.5) is 0 Å². The molecule has 3 atom stereocenters. The molecule has 0 saturated carbocycles. The number of nitrogens with two attached hydrogens (primary N) is 2. The van der Waals surface area contributed by atoms with Crippen LogP contribution in [0, 0.1) is 0 Å². The average molecular weight is 596 g/mol. The van der Waals surface area contributed by atoms with Gasteiger partial charge in [-0.2, -0.15) is 11.8 Å². The number of amides is 4. The zero-order chi connectivity index (χ0) is 30.3. The van der Waals surface area contributed by atoms with Gasteiger partial charge in [0.1, 0.15) is 12.1 Å². The maximum Gasteiger partial charge on any atom is 0.302 e. The lowest BCUT2D eigenvalue weighted by molar-refractivity contribution is -0.147. The number of carbonyl (C=O) groups excluding carboxylic acids is 6. The lowest BCUT2D eigenvalue weighted by Crippen LogP contribution is -2.54. The van der Waals surface area contributed by atoms with E-state index in [1.807, 2.05) is 0 Å². The summed E-state index contributed by atoms with van der Waals surface area (Å²) in [4.78, 5) is 68.7. The molecule has 0 aromatic carbocycles. The first-order valence-electron chi connectivity index (χ1n) is 12.5. The van der Waals surface area contributed by atoms with Crippen LogP contribution in [0.15, 0.2) is 0 Å². The Labute approximate surface area is 236 Å². The number of carbonyl (C=O) groups is 6. The number of rotatable bonds is 23. The van der Waals surface area contributed by atoms with Gasteiger partial charge < -0.3 is 51.5 Å². The van der Waals surface area contributed by atoms with Crippen molar-refractivity contribution in [3.05, 3.63) is 0 Å². The molecule has 16 nitrogen and oxygen atoms in total. The molecule has 0 unspecified atom stereocenters. The fraction of sp³-hybridized carbons (Fsp3) is 0.739. The predicted octanol–water partition coefficient (Wildman–Crippen LogP) is -3.45. The standard InChI is InChI=1S/C23H41N5O11S/c1-15(30)38-7-3-17(39-16(2)31)13-40-14-18(24)22(34)28-19(12-29)23(35)26-5-8-37-10-9-36-6-4-21(33)27-11-20(25)32/h17-19,29H,3-14,24H2,1-2H3,(H2,25,32)(H,26,35)(H,27,33)(H,28,34)/t17-,18-,19-/m0/s1. The summed E-state index contributed by atoms with van der Waals surface area (Å²) in [6.07, 6.45) is -0.190. The third-order valence-electron chi connectivity index (χ3n) is 4.68. The SMILES string of the molecule is CC(=O)OCC[C@@H](CSC[C@H](N)C(=O)N[C@@H](CO)C(=O)NCCOCCOCCC(=O)NCC(N)=O)OC(C)=O. The van der Waals surface area contributed by atoms with E-state index in [9.17, 15) is 33.9 Å². The number of thioether (sulfide) groups is 1. The molecule has 0 heterocycles. The largest absolute Gasteiger partial charge is 0.466 e. The summed E-state index contributed by atoms with van der Waals surface area (Å²) in [6.45, 7) is 2.49. The van der Waals surface area contributed by atoms with Crippen molar-refractivity contribution in [1.82, 2.24) is 16.0 Å². The second-order valence-corrected chi connectivity index (χ2v) is 9.33. The quantitative estimate of drug-likeness (QED) is 0.0497. The minimum Gasteiger partial charge on any atom is -0.466 e. The van der Waals surface area contributed by atoms with E-state index in [2.05, 4.69) is 16.0 Å². The number of primary amides is 1. The van der Waals surface area contributed by atoms with Crippen molar-refractivity contribution < 1.29 is 52.8 Å². The maximum absolute atomic E-state index is 12.4. The number of aliphatic hydroxyl groups excluding tert-OH is 1. The topological polar surface area (TPSA) is 248 Å². The summed E-state index contributed by atoms with van der Waals surface area (Å²) in [5.74, 6) is -2.78. The number of nitrogens with one attached hydrogen (secondary N) is 3. The van der Waals surface area contributed by atoms with E-state index in [0.29, 0.717) is 5.75 Å². The highest BCUT2D eigenvalue weighted by molar-refractivity contribution is 7.99. The van der Waals surface area contributed by atoms with Gasteiger partial charge in [-0.25, -0.2) is 0 Å². The normalized spacial score (nSPS) is 12.9. The van der Waals surface area contributed by atoms with Crippen molar-refractivity contribution >= 4 is 47.3 Å². The Morgan fingerprint density at radius 3 is 2.15 bits per heavy atom. The minimum absolute atomic E-state index is 0.0619. The van der Waals surface area contributed by atoms with Gasteiger partial charge in [0.2, 0.25) is 23.6 Å². The molecule has 0 radical (unpaired) electrons. The van der Waals surface area contributed by atoms with Gasteiger partial charge >= 0.3 is 11.9 Å². The fourth-order valence-electron chi connectivity index (χ4n) is 2.75. The second kappa shape index (κ2) is 22.8. The first kappa shape index (κ1) is 37.0. The summed E-state index contributed by atoms with van der Waals surface area (Å²) in [5, 5.41) is 16.7. The summed E-state index contributed by atoms with van der Waals surface area (Å²) < 4.78 is 20.5. The first-order chi connectivity index (χ1) is 19.0. The van der Waals surface area contributed by atoms with E-state index in [1.165, 1.54) is 25.6 Å². The first-order valence-corrected chi connectivity index (χ1v) is 13.6. The van der Waals surface area contributed by atoms with Gasteiger partial charge in [-0.05, 0) is 0 Å². The molecule has 0 aliphatic rings. The molecule has 0 spiro atoms. The van der Waals surface area contributed by atoms with Crippen molar-refractivity contribution in [3.63, 3.8) is 0 Å². The zero-order valence-electron chi connectivity index (χ0n) is 22.8. The Morgan fingerprint density at radius 2 is 1.55 bits per heavy atom. The van der Waals surface area contributed by atoms with Crippen LogP contribution < -0.4 is 27.4 Å². The summed E-state index contributed by atoms with van der Waals surface area (Å²) in [5.41, 5.74) is 10.8. The van der Waals surface area contributed by atoms with Crippen LogP contribution in [-0.2, 0) is 47.7 Å². The molecule has 8 N–H and O–H groups in total. The van der Waals surface area contributed by atoms with E-state index < -0.39 is 54.5 Å². The molecule has 0 aliphatic carbocycles. The van der Waals surface area contributed by atoms with Gasteiger partial charge in [0.15, 0.2) is 0 Å². The molecular formula is C23H41N5O11S. The van der Waals surface area contributed by atoms with Gasteiger partial charge in [0.05, 0.1) is 52.2 Å². The van der Waals surface area contributed by atoms with Crippen LogP contribution in [0.3, 0.4) is 0 Å². The molecule has 40 heavy (non-hydrogen) atoms. The smallest absolute Gasteiger partial charge is 0.302 e. The molecule has 4 amide bonds.